The molecule has 2 heterocycles. The number of rotatable bonds is 10. The molecule has 8 N–H and O–H groups in total. The van der Waals surface area contributed by atoms with Crippen molar-refractivity contribution in [3.63, 3.8) is 0 Å². The molecular weight excluding hydrogens is 600 g/mol. The third-order valence-corrected chi connectivity index (χ3v) is 7.79. The van der Waals surface area contributed by atoms with Crippen molar-refractivity contribution in [3.05, 3.63) is 0 Å². The molecule has 2 amide bonds. The topological polar surface area (TPSA) is 145 Å². The molecule has 37 heavy (non-hydrogen) atoms. The number of alkyl halides is 2. The number of unbranched alkanes of at least 4 members (excludes halogenated alkanes) is 3. The fourth-order valence-electron chi connectivity index (χ4n) is 3.89. The second-order valence-electron chi connectivity index (χ2n) is 10.0. The Bertz CT molecular complexity index is 521. The smallest absolute Gasteiger partial charge is 0.234 e. The Morgan fingerprint density at radius 1 is 0.676 bits per heavy atom. The number of primary amides is 2. The summed E-state index contributed by atoms with van der Waals surface area (Å²) in [5.41, 5.74) is 20.5. The largest absolute Gasteiger partial charge is 0.368 e. The fourth-order valence-corrected chi connectivity index (χ4v) is 4.68. The van der Waals surface area contributed by atoms with Gasteiger partial charge in [0, 0.05) is 23.2 Å². The first-order chi connectivity index (χ1) is 17.6. The van der Waals surface area contributed by atoms with Crippen LogP contribution in [0.2, 0.25) is 0 Å². The van der Waals surface area contributed by atoms with Gasteiger partial charge in [0.2, 0.25) is 11.8 Å². The Balaban J connectivity index is 0. The first kappa shape index (κ1) is 38.9. The van der Waals surface area contributed by atoms with Crippen molar-refractivity contribution >= 4 is 43.7 Å². The molecule has 222 valence electrons. The highest BCUT2D eigenvalue weighted by molar-refractivity contribution is 9.09. The van der Waals surface area contributed by atoms with Crippen LogP contribution in [0.3, 0.4) is 0 Å². The third kappa shape index (κ3) is 24.5. The Kier molecular flexibility index (Phi) is 28.7. The molecule has 2 aliphatic heterocycles. The highest BCUT2D eigenvalue weighted by atomic mass is 79.9. The van der Waals surface area contributed by atoms with Gasteiger partial charge in [0.15, 0.2) is 0 Å². The normalized spacial score (nSPS) is 19.1. The molecule has 0 saturated carbocycles. The molecule has 0 aliphatic carbocycles. The standard InChI is InChI=1S/C9H18N2O.C9H20N2.C6H12Br2.C3H8N2O/c1-8(9(10)12)11-6-4-2-3-5-7-11;1-9(8-10)11-6-4-2-3-5-7-11;7-5-3-1-2-4-6-8;1-2(4)3(5)6/h8H,2-7H2,1H3,(H2,10,12);9H,2-8,10H2,1H3;1-6H2;2H,4H2,1H3,(H2,5,6)/t8-;9-;;2-/m00.0/s1. The lowest BCUT2D eigenvalue weighted by atomic mass is 10.2. The zero-order valence-corrected chi connectivity index (χ0v) is 27.1. The maximum Gasteiger partial charge on any atom is 0.234 e. The van der Waals surface area contributed by atoms with E-state index in [9.17, 15) is 9.59 Å². The summed E-state index contributed by atoms with van der Waals surface area (Å²) in [7, 11) is 0. The van der Waals surface area contributed by atoms with Crippen LogP contribution >= 0.6 is 31.9 Å². The summed E-state index contributed by atoms with van der Waals surface area (Å²) in [6, 6.07) is 0.00111. The van der Waals surface area contributed by atoms with Gasteiger partial charge < -0.3 is 22.9 Å². The zero-order chi connectivity index (χ0) is 28.5. The van der Waals surface area contributed by atoms with E-state index in [-0.39, 0.29) is 11.9 Å². The molecule has 0 aromatic heterocycles. The van der Waals surface area contributed by atoms with Crippen molar-refractivity contribution in [1.29, 1.82) is 0 Å². The highest BCUT2D eigenvalue weighted by Crippen LogP contribution is 2.12. The number of likely N-dealkylation sites (tertiary alicyclic amines) is 2. The number of amides is 2. The SMILES string of the molecule is BrCCCCCCBr.C[C@@H](C(N)=O)N1CCCCCC1.C[C@@H](CN)N1CCCCCC1.C[C@H](N)C(N)=O. The second kappa shape index (κ2) is 27.3. The van der Waals surface area contributed by atoms with Crippen LogP contribution in [-0.4, -0.2) is 83.1 Å². The highest BCUT2D eigenvalue weighted by Gasteiger charge is 2.19. The first-order valence-electron chi connectivity index (χ1n) is 14.3. The molecule has 0 bridgehead atoms. The lowest BCUT2D eigenvalue weighted by molar-refractivity contribution is -0.122. The molecule has 0 radical (unpaired) electrons. The van der Waals surface area contributed by atoms with E-state index in [4.69, 9.17) is 17.2 Å². The molecule has 0 aromatic carbocycles. The van der Waals surface area contributed by atoms with Crippen LogP contribution in [0.25, 0.3) is 0 Å². The summed E-state index contributed by atoms with van der Waals surface area (Å²) in [5, 5.41) is 2.32. The summed E-state index contributed by atoms with van der Waals surface area (Å²) >= 11 is 6.78. The number of nitrogens with zero attached hydrogens (tertiary/aromatic N) is 2. The molecule has 3 atom stereocenters. The van der Waals surface area contributed by atoms with Gasteiger partial charge in [0.05, 0.1) is 12.1 Å². The van der Waals surface area contributed by atoms with E-state index in [0.717, 1.165) is 30.3 Å². The maximum absolute atomic E-state index is 10.9. The molecule has 0 aromatic rings. The predicted molar refractivity (Wildman–Crippen MR) is 166 cm³/mol. The van der Waals surface area contributed by atoms with Gasteiger partial charge in [-0.25, -0.2) is 0 Å². The third-order valence-electron chi connectivity index (χ3n) is 6.67. The average Bonchev–Trinajstić information content (AvgIpc) is 3.33. The van der Waals surface area contributed by atoms with Gasteiger partial charge >= 0.3 is 0 Å². The van der Waals surface area contributed by atoms with Crippen molar-refractivity contribution in [2.75, 3.05) is 43.4 Å². The van der Waals surface area contributed by atoms with Crippen LogP contribution in [0.1, 0.15) is 97.8 Å². The van der Waals surface area contributed by atoms with Crippen LogP contribution in [0, 0.1) is 0 Å². The average molecular weight is 659 g/mol. The van der Waals surface area contributed by atoms with Gasteiger partial charge in [-0.2, -0.15) is 0 Å². The van der Waals surface area contributed by atoms with E-state index in [1.165, 1.54) is 90.1 Å². The lowest BCUT2D eigenvalue weighted by Crippen LogP contribution is -2.43. The minimum Gasteiger partial charge on any atom is -0.368 e. The van der Waals surface area contributed by atoms with Gasteiger partial charge in [-0.1, -0.05) is 70.4 Å². The van der Waals surface area contributed by atoms with E-state index in [0.29, 0.717) is 6.04 Å². The summed E-state index contributed by atoms with van der Waals surface area (Å²) < 4.78 is 0. The number of carbonyl (C=O) groups excluding carboxylic acids is 2. The minimum atomic E-state index is -0.509. The second-order valence-corrected chi connectivity index (χ2v) is 11.6. The number of hydrogen-bond acceptors (Lipinski definition) is 6. The van der Waals surface area contributed by atoms with Crippen LogP contribution in [0.5, 0.6) is 0 Å². The zero-order valence-electron chi connectivity index (χ0n) is 23.9. The van der Waals surface area contributed by atoms with E-state index < -0.39 is 11.9 Å². The molecule has 0 unspecified atom stereocenters. The number of nitrogens with two attached hydrogens (primary N) is 4. The molecule has 2 aliphatic rings. The van der Waals surface area contributed by atoms with Gasteiger partial charge in [-0.3, -0.25) is 19.4 Å². The Morgan fingerprint density at radius 3 is 1.30 bits per heavy atom. The van der Waals surface area contributed by atoms with Crippen LogP contribution in [-0.2, 0) is 9.59 Å². The Hall–Kier alpha value is -0.260. The van der Waals surface area contributed by atoms with Crippen LogP contribution < -0.4 is 22.9 Å². The first-order valence-corrected chi connectivity index (χ1v) is 16.5. The monoisotopic (exact) mass is 656 g/mol. The molecular formula is C27H58Br2N6O2. The van der Waals surface area contributed by atoms with Crippen molar-refractivity contribution in [2.45, 2.75) is 116 Å². The summed E-state index contributed by atoms with van der Waals surface area (Å²) in [6.07, 6.45) is 15.9. The number of halogens is 2. The molecule has 2 saturated heterocycles. The summed E-state index contributed by atoms with van der Waals surface area (Å²) in [5.74, 6) is -0.660. The quantitative estimate of drug-likeness (QED) is 0.206. The van der Waals surface area contributed by atoms with Crippen molar-refractivity contribution in [1.82, 2.24) is 9.80 Å². The summed E-state index contributed by atoms with van der Waals surface area (Å²) in [4.78, 5) is 25.4. The van der Waals surface area contributed by atoms with Gasteiger partial charge in [0.25, 0.3) is 0 Å². The maximum atomic E-state index is 10.9. The molecule has 2 rings (SSSR count). The van der Waals surface area contributed by atoms with Crippen LogP contribution in [0.4, 0.5) is 0 Å². The molecule has 0 spiro atoms. The Labute approximate surface area is 244 Å². The number of carbonyl (C=O) groups is 2. The van der Waals surface area contributed by atoms with Gasteiger partial charge in [0.1, 0.15) is 0 Å². The van der Waals surface area contributed by atoms with E-state index in [1.54, 1.807) is 6.92 Å². The van der Waals surface area contributed by atoms with Gasteiger partial charge in [-0.15, -0.1) is 0 Å². The van der Waals surface area contributed by atoms with E-state index in [2.05, 4.69) is 54.3 Å². The molecule has 10 heteroatoms. The van der Waals surface area contributed by atoms with Crippen molar-refractivity contribution in [3.8, 4) is 0 Å². The lowest BCUT2D eigenvalue weighted by Gasteiger charge is -2.26. The van der Waals surface area contributed by atoms with Crippen LogP contribution in [0.15, 0.2) is 0 Å². The Morgan fingerprint density at radius 2 is 1.03 bits per heavy atom. The fraction of sp³-hybridized carbons (Fsp3) is 0.926. The molecule has 8 nitrogen and oxygen atoms in total. The minimum absolute atomic E-state index is 0.0805. The van der Waals surface area contributed by atoms with Crippen molar-refractivity contribution in [2.24, 2.45) is 22.9 Å². The summed E-state index contributed by atoms with van der Waals surface area (Å²) in [6.45, 7) is 11.1. The predicted octanol–water partition coefficient (Wildman–Crippen LogP) is 4.10. The van der Waals surface area contributed by atoms with Gasteiger partial charge in [-0.05, 0) is 85.5 Å². The van der Waals surface area contributed by atoms with E-state index in [1.807, 2.05) is 6.92 Å². The number of hydrogen-bond donors (Lipinski definition) is 4. The molecule has 2 fully saturated rings. The van der Waals surface area contributed by atoms with E-state index >= 15 is 0 Å². The van der Waals surface area contributed by atoms with Crippen molar-refractivity contribution < 1.29 is 9.59 Å².